The number of nitrogens with zero attached hydrogens (tertiary/aromatic N) is 9. The molecular weight excluding hydrogens is 1000 g/mol. The minimum atomic E-state index is 0.522. The maximum atomic E-state index is 8.03. The van der Waals surface area contributed by atoms with Gasteiger partial charge in [0.05, 0.1) is 69.2 Å². The molecule has 0 unspecified atom stereocenters. The van der Waals surface area contributed by atoms with Gasteiger partial charge in [0.1, 0.15) is 0 Å². The molecule has 1 aliphatic rings. The summed E-state index contributed by atoms with van der Waals surface area (Å²) in [5, 5.41) is 0. The van der Waals surface area contributed by atoms with E-state index < -0.39 is 0 Å². The van der Waals surface area contributed by atoms with Crippen LogP contribution in [0.4, 0.5) is 40.1 Å². The van der Waals surface area contributed by atoms with Crippen LogP contribution < -0.4 is 9.80 Å². The minimum Gasteiger partial charge on any atom is -0.305 e. The van der Waals surface area contributed by atoms with Crippen LogP contribution in [0.5, 0.6) is 0 Å². The van der Waals surface area contributed by atoms with E-state index >= 15 is 0 Å². The van der Waals surface area contributed by atoms with Crippen molar-refractivity contribution in [3.63, 3.8) is 0 Å². The maximum Gasteiger partial charge on any atom is 0.235 e. The van der Waals surface area contributed by atoms with E-state index in [1.54, 1.807) is 0 Å². The molecule has 82 heavy (non-hydrogen) atoms. The summed E-state index contributed by atoms with van der Waals surface area (Å²) in [6.07, 6.45) is 0. The van der Waals surface area contributed by atoms with Crippen LogP contribution in [0.2, 0.25) is 0 Å². The molecule has 0 atom stereocenters. The van der Waals surface area contributed by atoms with Crippen molar-refractivity contribution in [3.8, 4) is 101 Å². The van der Waals surface area contributed by atoms with Crippen molar-refractivity contribution in [1.29, 1.82) is 0 Å². The molecule has 0 bridgehead atoms. The van der Waals surface area contributed by atoms with Gasteiger partial charge in [-0.1, -0.05) is 231 Å². The highest BCUT2D eigenvalue weighted by atomic mass is 15.3. The predicted octanol–water partition coefficient (Wildman–Crippen LogP) is 18.9. The molecule has 10 aromatic carbocycles. The largest absolute Gasteiger partial charge is 0.305 e. The smallest absolute Gasteiger partial charge is 0.235 e. The van der Waals surface area contributed by atoms with Crippen molar-refractivity contribution >= 4 is 40.1 Å². The van der Waals surface area contributed by atoms with Crippen LogP contribution in [0.1, 0.15) is 0 Å². The van der Waals surface area contributed by atoms with Crippen LogP contribution in [0.15, 0.2) is 285 Å². The summed E-state index contributed by atoms with van der Waals surface area (Å²) in [6.45, 7) is 8.03. The average molecular weight is 1050 g/mol. The fourth-order valence-corrected chi connectivity index (χ4v) is 10.7. The third kappa shape index (κ3) is 9.38. The Labute approximate surface area is 475 Å². The zero-order valence-electron chi connectivity index (χ0n) is 44.2. The van der Waals surface area contributed by atoms with Gasteiger partial charge in [0.15, 0.2) is 17.3 Å². The standard InChI is InChI=1S/C73H47N9/c1-74-57-42-40-49(41-43-57)58-44-56(64-46-60(50-24-8-2-9-25-50)75-71(77-64)54-32-16-6-17-33-54)45-59(65-48-61(51-26-10-3-11-27-51)76-72(78-65)55-34-18-7-19-35-55)70(58)81-66-36-20-22-38-68(66)82(69-39-23-21-37-67(69)81)73-79-62(52-28-12-4-13-29-52)47-63(80-73)53-30-14-5-15-31-53/h2-48H. The monoisotopic (exact) mass is 1050 g/mol. The van der Waals surface area contributed by atoms with E-state index in [0.29, 0.717) is 29.0 Å². The lowest BCUT2D eigenvalue weighted by Gasteiger charge is -2.41. The van der Waals surface area contributed by atoms with Crippen LogP contribution >= 0.6 is 0 Å². The van der Waals surface area contributed by atoms with Crippen LogP contribution in [-0.4, -0.2) is 29.9 Å². The Morgan fingerprint density at radius 3 is 0.976 bits per heavy atom. The number of rotatable bonds is 11. The Hall–Kier alpha value is -11.5. The fraction of sp³-hybridized carbons (Fsp3) is 0. The Morgan fingerprint density at radius 1 is 0.256 bits per heavy atom. The van der Waals surface area contributed by atoms with Gasteiger partial charge in [-0.15, -0.1) is 0 Å². The Balaban J connectivity index is 1.08. The van der Waals surface area contributed by atoms with Crippen molar-refractivity contribution in [3.05, 3.63) is 297 Å². The van der Waals surface area contributed by atoms with Gasteiger partial charge < -0.3 is 4.90 Å². The highest BCUT2D eigenvalue weighted by Crippen LogP contribution is 2.58. The first-order valence-corrected chi connectivity index (χ1v) is 27.0. The zero-order valence-corrected chi connectivity index (χ0v) is 44.2. The second-order valence-electron chi connectivity index (χ2n) is 19.8. The fourth-order valence-electron chi connectivity index (χ4n) is 10.7. The maximum absolute atomic E-state index is 8.03. The summed E-state index contributed by atoms with van der Waals surface area (Å²) in [7, 11) is 0. The molecule has 1 aliphatic heterocycles. The lowest BCUT2D eigenvalue weighted by atomic mass is 9.91. The van der Waals surface area contributed by atoms with E-state index in [1.807, 2.05) is 146 Å². The van der Waals surface area contributed by atoms with Crippen molar-refractivity contribution in [2.45, 2.75) is 0 Å². The molecule has 3 aromatic heterocycles. The number of anilines is 6. The topological polar surface area (TPSA) is 88.2 Å². The van der Waals surface area contributed by atoms with Crippen molar-refractivity contribution < 1.29 is 0 Å². The quantitative estimate of drug-likeness (QED) is 0.118. The summed E-state index contributed by atoms with van der Waals surface area (Å²) >= 11 is 0. The second-order valence-corrected chi connectivity index (χ2v) is 19.8. The predicted molar refractivity (Wildman–Crippen MR) is 331 cm³/mol. The SMILES string of the molecule is [C-]#[N+]c1ccc(-c2cc(-c3cc(-c4ccccc4)nc(-c4ccccc4)n3)cc(-c3cc(-c4ccccc4)nc(-c4ccccc4)n3)c2N2c3ccccc3N(c3nc(-c4ccccc4)cc(-c4ccccc4)n3)c3ccccc32)cc1. The molecule has 0 saturated heterocycles. The minimum absolute atomic E-state index is 0.522. The molecule has 13 aromatic rings. The Bertz CT molecular complexity index is 4280. The van der Waals surface area contributed by atoms with Gasteiger partial charge in [0.25, 0.3) is 0 Å². The van der Waals surface area contributed by atoms with E-state index in [9.17, 15) is 0 Å². The van der Waals surface area contributed by atoms with Crippen LogP contribution in [0.25, 0.3) is 106 Å². The van der Waals surface area contributed by atoms with Crippen molar-refractivity contribution in [2.24, 2.45) is 0 Å². The van der Waals surface area contributed by atoms with Crippen molar-refractivity contribution in [2.75, 3.05) is 9.80 Å². The van der Waals surface area contributed by atoms with Gasteiger partial charge in [0.2, 0.25) is 5.95 Å². The second kappa shape index (κ2) is 21.4. The molecule has 0 radical (unpaired) electrons. The molecule has 384 valence electrons. The van der Waals surface area contributed by atoms with Crippen molar-refractivity contribution in [1.82, 2.24) is 29.9 Å². The van der Waals surface area contributed by atoms with E-state index in [-0.39, 0.29) is 0 Å². The summed E-state index contributed by atoms with van der Waals surface area (Å²) in [5.41, 5.74) is 18.5. The first-order valence-electron chi connectivity index (χ1n) is 27.0. The van der Waals surface area contributed by atoms with E-state index in [1.165, 1.54) is 0 Å². The first kappa shape index (κ1) is 48.9. The lowest BCUT2D eigenvalue weighted by molar-refractivity contribution is 1.06. The van der Waals surface area contributed by atoms with E-state index in [0.717, 1.165) is 113 Å². The van der Waals surface area contributed by atoms with Gasteiger partial charge >= 0.3 is 0 Å². The van der Waals surface area contributed by atoms with Gasteiger partial charge in [-0.05, 0) is 60.2 Å². The third-order valence-electron chi connectivity index (χ3n) is 14.6. The van der Waals surface area contributed by atoms with E-state index in [4.69, 9.17) is 36.5 Å². The molecule has 0 aliphatic carbocycles. The van der Waals surface area contributed by atoms with Gasteiger partial charge in [-0.2, -0.15) is 0 Å². The molecule has 14 rings (SSSR count). The van der Waals surface area contributed by atoms with Crippen LogP contribution in [0.3, 0.4) is 0 Å². The molecule has 0 saturated carbocycles. The van der Waals surface area contributed by atoms with Crippen LogP contribution in [-0.2, 0) is 0 Å². The molecule has 4 heterocycles. The Morgan fingerprint density at radius 2 is 0.573 bits per heavy atom. The molecule has 0 N–H and O–H groups in total. The number of aromatic nitrogens is 6. The van der Waals surface area contributed by atoms with Crippen LogP contribution in [0, 0.1) is 6.57 Å². The number of hydrogen-bond acceptors (Lipinski definition) is 8. The molecule has 9 heteroatoms. The molecule has 0 spiro atoms. The number of hydrogen-bond donors (Lipinski definition) is 0. The first-order chi connectivity index (χ1) is 40.6. The molecule has 0 fully saturated rings. The summed E-state index contributed by atoms with van der Waals surface area (Å²) in [5.74, 6) is 1.69. The lowest BCUT2D eigenvalue weighted by Crippen LogP contribution is -2.26. The Kier molecular flexibility index (Phi) is 12.8. The summed E-state index contributed by atoms with van der Waals surface area (Å²) in [6, 6.07) is 96.8. The third-order valence-corrected chi connectivity index (χ3v) is 14.6. The average Bonchev–Trinajstić information content (AvgIpc) is 3.64. The highest BCUT2D eigenvalue weighted by molar-refractivity contribution is 6.08. The number of benzene rings is 10. The number of fused-ring (bicyclic) bond motifs is 2. The molecule has 9 nitrogen and oxygen atoms in total. The summed E-state index contributed by atoms with van der Waals surface area (Å²) < 4.78 is 0. The van der Waals surface area contributed by atoms with Gasteiger partial charge in [0, 0.05) is 50.1 Å². The van der Waals surface area contributed by atoms with Gasteiger partial charge in [-0.25, -0.2) is 34.7 Å². The van der Waals surface area contributed by atoms with Gasteiger partial charge in [-0.3, -0.25) is 4.90 Å². The normalized spacial score (nSPS) is 11.6. The highest BCUT2D eigenvalue weighted by Gasteiger charge is 2.35. The number of para-hydroxylation sites is 4. The molecule has 0 amide bonds. The van der Waals surface area contributed by atoms with E-state index in [2.05, 4.69) is 154 Å². The zero-order chi connectivity index (χ0) is 54.8. The molecular formula is C73H47N9. The summed E-state index contributed by atoms with van der Waals surface area (Å²) in [4.78, 5) is 40.7.